The quantitative estimate of drug-likeness (QED) is 0.0358. The first-order valence-corrected chi connectivity index (χ1v) is 35.2. The second-order valence-corrected chi connectivity index (χ2v) is 28.2. The molecule has 0 radical (unpaired) electrons. The molecule has 9 heterocycles. The molecule has 0 aromatic rings. The molecule has 0 aromatic carbocycles. The first-order valence-electron chi connectivity index (χ1n) is 33.9. The third kappa shape index (κ3) is 19.4. The molecule has 9 aliphatic rings. The number of carbonyl (C=O) groups is 2. The van der Waals surface area contributed by atoms with Gasteiger partial charge in [0.1, 0.15) is 201 Å². The number of aliphatic hydroxyl groups excluding tert-OH is 23. The van der Waals surface area contributed by atoms with Crippen LogP contribution in [0.2, 0.25) is 0 Å². The second kappa shape index (κ2) is 37.2. The molecule has 0 spiro atoms. The number of rotatable bonds is 26. The molecular weight excluding hydrogens is 1490 g/mol. The first-order chi connectivity index (χ1) is 50.3. The fourth-order valence-electron chi connectivity index (χ4n) is 13.7. The number of amides is 2. The van der Waals surface area contributed by atoms with Crippen molar-refractivity contribution in [1.29, 1.82) is 0 Å². The van der Waals surface area contributed by atoms with Crippen LogP contribution in [0.3, 0.4) is 0 Å². The van der Waals surface area contributed by atoms with Gasteiger partial charge in [-0.3, -0.25) is 14.1 Å². The van der Waals surface area contributed by atoms with Crippen LogP contribution in [-0.2, 0) is 105 Å². The maximum Gasteiger partial charge on any atom is 0.397 e. The highest BCUT2D eigenvalue weighted by atomic mass is 32.3. The van der Waals surface area contributed by atoms with E-state index in [0.717, 1.165) is 13.8 Å². The summed E-state index contributed by atoms with van der Waals surface area (Å²) >= 11 is 0. The average Bonchev–Trinajstić information content (AvgIpc) is 0.759. The molecule has 1 unspecified atom stereocenters. The molecular formula is C58H98N2O46S. The van der Waals surface area contributed by atoms with Gasteiger partial charge in [0, 0.05) is 13.8 Å². The van der Waals surface area contributed by atoms with Gasteiger partial charge in [-0.25, -0.2) is 4.18 Å². The van der Waals surface area contributed by atoms with Gasteiger partial charge in [0.25, 0.3) is 0 Å². The molecule has 0 aromatic heterocycles. The van der Waals surface area contributed by atoms with E-state index < -0.39 is 338 Å². The molecule has 0 bridgehead atoms. The minimum absolute atomic E-state index is 0.861. The van der Waals surface area contributed by atoms with Crippen LogP contribution in [-0.4, -0.2) is 458 Å². The van der Waals surface area contributed by atoms with Crippen LogP contribution in [0, 0.1) is 0 Å². The minimum atomic E-state index is -5.65. The predicted octanol–water partition coefficient (Wildman–Crippen LogP) is -17.4. The van der Waals surface area contributed by atoms with Crippen molar-refractivity contribution in [3.05, 3.63) is 0 Å². The monoisotopic (exact) mass is 1590 g/mol. The van der Waals surface area contributed by atoms with Crippen LogP contribution in [0.4, 0.5) is 0 Å². The number of aliphatic hydroxyl groups is 23. The van der Waals surface area contributed by atoms with Crippen molar-refractivity contribution < 1.29 is 225 Å². The zero-order chi connectivity index (χ0) is 79.0. The van der Waals surface area contributed by atoms with Crippen LogP contribution in [0.5, 0.6) is 0 Å². The molecule has 9 saturated heterocycles. The van der Waals surface area contributed by atoms with E-state index in [-0.39, 0.29) is 0 Å². The van der Waals surface area contributed by atoms with Crippen molar-refractivity contribution in [3.63, 3.8) is 0 Å². The van der Waals surface area contributed by atoms with E-state index in [1.165, 1.54) is 20.8 Å². The molecule has 49 heteroatoms. The topological polar surface area (TPSA) is 744 Å². The van der Waals surface area contributed by atoms with Gasteiger partial charge in [-0.1, -0.05) is 0 Å². The number of hydrogen-bond acceptors (Lipinski definition) is 45. The molecule has 45 atom stereocenters. The normalized spacial score (nSPS) is 50.9. The SMILES string of the molecule is CC(=O)N[C@H]1[C@H](O[C@H]2[C@@H](O)[C@@H](CO)O[C@@H](O[C@H]3[C@H](O[C@@H]4O[C@@H](C)[C@@H](O)[C@@H](O)[C@@H]4O)[C@@H](NC(C)=O)[C@H](O[C@H]4[C@@H](O)[C@@H](CO)O[C@@H](O[C@H]5[C@H](O)[C@@H](O)C(O)O[C@@H]5CO)[C@@H]4O)O[C@@H]3COS(=O)(=O)O)[C@@H]2O)O[C@H](CO)[C@@H](O[C@@H]2O[C@@H](C)[C@@H](O)[C@@H](O)[C@@H]2O)[C@@H]1O[C@@H]1O[C@H](CO)[C@H](O)[C@H](O)[C@H]1O[C@@H]1O[C@@H](C)[C@@H](O)[C@@H](O)[C@@H]1O. The molecule has 0 saturated carbocycles. The summed E-state index contributed by atoms with van der Waals surface area (Å²) < 4.78 is 141. The Hall–Kier alpha value is -2.79. The van der Waals surface area contributed by atoms with E-state index in [1.54, 1.807) is 0 Å². The molecule has 48 nitrogen and oxygen atoms in total. The summed E-state index contributed by atoms with van der Waals surface area (Å²) in [7, 11) is -5.65. The molecule has 9 aliphatic heterocycles. The number of carbonyl (C=O) groups excluding carboxylic acids is 2. The van der Waals surface area contributed by atoms with E-state index in [1.807, 2.05) is 0 Å². The summed E-state index contributed by atoms with van der Waals surface area (Å²) in [6.07, 6.45) is -90.3. The van der Waals surface area contributed by atoms with Crippen LogP contribution in [0.15, 0.2) is 0 Å². The lowest BCUT2D eigenvalue weighted by Crippen LogP contribution is -2.72. The van der Waals surface area contributed by atoms with Gasteiger partial charge in [-0.2, -0.15) is 8.42 Å². The van der Waals surface area contributed by atoms with Crippen LogP contribution >= 0.6 is 0 Å². The average molecular weight is 1590 g/mol. The van der Waals surface area contributed by atoms with Crippen molar-refractivity contribution in [1.82, 2.24) is 10.6 Å². The summed E-state index contributed by atoms with van der Waals surface area (Å²) in [5, 5.41) is 259. The van der Waals surface area contributed by atoms with Gasteiger partial charge in [-0.15, -0.1) is 0 Å². The maximum absolute atomic E-state index is 13.6. The zero-order valence-corrected chi connectivity index (χ0v) is 58.2. The van der Waals surface area contributed by atoms with Gasteiger partial charge < -0.3 is 209 Å². The fraction of sp³-hybridized carbons (Fsp3) is 0.966. The molecule has 26 N–H and O–H groups in total. The highest BCUT2D eigenvalue weighted by Crippen LogP contribution is 2.41. The largest absolute Gasteiger partial charge is 0.397 e. The Morgan fingerprint density at radius 3 is 0.991 bits per heavy atom. The van der Waals surface area contributed by atoms with E-state index in [2.05, 4.69) is 10.6 Å². The molecule has 622 valence electrons. The maximum atomic E-state index is 13.6. The van der Waals surface area contributed by atoms with Crippen LogP contribution in [0.1, 0.15) is 34.6 Å². The van der Waals surface area contributed by atoms with Gasteiger partial charge in [-0.05, 0) is 20.8 Å². The molecule has 9 rings (SSSR count). The second-order valence-electron chi connectivity index (χ2n) is 27.1. The summed E-state index contributed by atoms with van der Waals surface area (Å²) in [6, 6.07) is -4.29. The van der Waals surface area contributed by atoms with Crippen molar-refractivity contribution in [2.45, 2.75) is 311 Å². The fourth-order valence-corrected chi connectivity index (χ4v) is 14.0. The lowest BCUT2D eigenvalue weighted by Gasteiger charge is -2.53. The summed E-state index contributed by atoms with van der Waals surface area (Å²) in [5.41, 5.74) is 0. The predicted molar refractivity (Wildman–Crippen MR) is 326 cm³/mol. The number of nitrogens with one attached hydrogen (secondary N) is 2. The first kappa shape index (κ1) is 88.2. The Kier molecular flexibility index (Phi) is 30.7. The van der Waals surface area contributed by atoms with Crippen molar-refractivity contribution in [2.75, 3.05) is 39.6 Å². The van der Waals surface area contributed by atoms with Crippen LogP contribution in [0.25, 0.3) is 0 Å². The third-order valence-corrected chi connectivity index (χ3v) is 20.1. The molecule has 107 heavy (non-hydrogen) atoms. The van der Waals surface area contributed by atoms with Gasteiger partial charge >= 0.3 is 10.4 Å². The number of ether oxygens (including phenoxy) is 17. The highest BCUT2D eigenvalue weighted by Gasteiger charge is 2.62. The van der Waals surface area contributed by atoms with E-state index in [0.29, 0.717) is 0 Å². The summed E-state index contributed by atoms with van der Waals surface area (Å²) in [5.74, 6) is -2.14. The Balaban J connectivity index is 1.10. The Labute approximate surface area is 606 Å². The molecule has 2 amide bonds. The van der Waals surface area contributed by atoms with Gasteiger partial charge in [0.05, 0.1) is 58.0 Å². The van der Waals surface area contributed by atoms with Crippen molar-refractivity contribution >= 4 is 22.2 Å². The molecule has 9 fully saturated rings. The minimum Gasteiger partial charge on any atom is -0.394 e. The van der Waals surface area contributed by atoms with E-state index >= 15 is 0 Å². The Bertz CT molecular complexity index is 2930. The Morgan fingerprint density at radius 1 is 0.299 bits per heavy atom. The summed E-state index contributed by atoms with van der Waals surface area (Å²) in [6.45, 7) is -1.94. The smallest absolute Gasteiger partial charge is 0.394 e. The number of hydrogen-bond donors (Lipinski definition) is 26. The van der Waals surface area contributed by atoms with Crippen molar-refractivity contribution in [2.24, 2.45) is 0 Å². The standard InChI is InChI=1S/C58H98N2O46S/c1-12-25(68)31(74)37(80)53(90-12)100-43-21(10-65)97-51(23(59-15(4)66)45(43)103-58-49(34(77)28(71)17(6-61)96-58)106-55-39(82)33(76)27(70)14(3)92-55)104-48-30(73)19(8-63)95-57(41(48)84)101-44-22(11-89-107(86,87)88)98-52(24(60-16(5)67)46(44)102-54-38(81)32(75)26(69)13(2)91-54)105-47-29(72)18(7-62)94-56(40(47)83)99-42-20(9-64)93-50(85)36(79)35(42)78/h12-14,17-58,61-65,68-85H,6-11H2,1-5H3,(H,59,66)(H,60,67)(H,86,87,88)/t12-,13-,14-,17+,18+,19+,20+,21+,22+,23+,24+,25+,26+,27+,28-,29-,30-,31+,32+,33+,34-,35+,36+,37-,38-,39-,40+,41+,42+,43+,44+,45+,46+,47-,48-,49+,50?,51-,52-,53-,54-,55-,56-,57-,58-/m0/s1. The Morgan fingerprint density at radius 2 is 0.598 bits per heavy atom. The lowest BCUT2D eigenvalue weighted by atomic mass is 9.93. The van der Waals surface area contributed by atoms with Gasteiger partial charge in [0.15, 0.2) is 56.6 Å². The summed E-state index contributed by atoms with van der Waals surface area (Å²) in [4.78, 5) is 27.1. The lowest BCUT2D eigenvalue weighted by molar-refractivity contribution is -0.404. The van der Waals surface area contributed by atoms with E-state index in [4.69, 9.17) is 84.7 Å². The van der Waals surface area contributed by atoms with E-state index in [9.17, 15) is 140 Å². The van der Waals surface area contributed by atoms with Crippen LogP contribution < -0.4 is 10.6 Å². The highest BCUT2D eigenvalue weighted by molar-refractivity contribution is 7.80. The molecule has 0 aliphatic carbocycles. The zero-order valence-electron chi connectivity index (χ0n) is 57.3. The third-order valence-electron chi connectivity index (χ3n) is 19.7. The van der Waals surface area contributed by atoms with Gasteiger partial charge in [0.2, 0.25) is 11.8 Å². The van der Waals surface area contributed by atoms with Crippen molar-refractivity contribution in [3.8, 4) is 0 Å².